The molecule has 0 aromatic carbocycles. The van der Waals surface area contributed by atoms with E-state index >= 15 is 0 Å². The van der Waals surface area contributed by atoms with E-state index < -0.39 is 12.2 Å². The summed E-state index contributed by atoms with van der Waals surface area (Å²) < 4.78 is 4.55. The largest absolute Gasteiger partial charge is 0.465 e. The quantitative estimate of drug-likeness (QED) is 0.492. The van der Waals surface area contributed by atoms with Gasteiger partial charge in [-0.25, -0.2) is 4.79 Å². The first-order chi connectivity index (χ1) is 4.66. The third kappa shape index (κ3) is 5.33. The van der Waals surface area contributed by atoms with Crippen LogP contribution in [-0.2, 0) is 4.74 Å². The summed E-state index contributed by atoms with van der Waals surface area (Å²) in [5.41, 5.74) is 0. The fourth-order valence-electron chi connectivity index (χ4n) is 0.456. The van der Waals surface area contributed by atoms with E-state index in [4.69, 9.17) is 10.2 Å². The van der Waals surface area contributed by atoms with Crippen molar-refractivity contribution >= 4 is 6.09 Å². The minimum absolute atomic E-state index is 0.00315. The molecule has 5 nitrogen and oxygen atoms in total. The van der Waals surface area contributed by atoms with Crippen LogP contribution >= 0.6 is 0 Å². The second-order valence-corrected chi connectivity index (χ2v) is 1.80. The summed E-state index contributed by atoms with van der Waals surface area (Å²) in [6, 6.07) is 0. The first kappa shape index (κ1) is 9.19. The van der Waals surface area contributed by atoms with Gasteiger partial charge in [0.15, 0.2) is 0 Å². The van der Waals surface area contributed by atoms with E-state index in [-0.39, 0.29) is 13.2 Å². The average molecular weight is 149 g/mol. The number of rotatable bonds is 4. The molecule has 0 aromatic heterocycles. The molecule has 0 aromatic rings. The molecule has 0 saturated carbocycles. The molecule has 1 unspecified atom stereocenters. The average Bonchev–Trinajstić information content (AvgIpc) is 1.85. The number of aliphatic hydroxyl groups excluding tert-OH is 1. The number of aliphatic hydroxyl groups is 1. The van der Waals surface area contributed by atoms with Crippen molar-refractivity contribution in [2.75, 3.05) is 20.3 Å². The third-order valence-electron chi connectivity index (χ3n) is 0.848. The lowest BCUT2D eigenvalue weighted by Gasteiger charge is -2.07. The molecule has 0 bridgehead atoms. The van der Waals surface area contributed by atoms with E-state index in [1.54, 1.807) is 0 Å². The van der Waals surface area contributed by atoms with Gasteiger partial charge in [0.2, 0.25) is 0 Å². The summed E-state index contributed by atoms with van der Waals surface area (Å²) in [5.74, 6) is 0. The van der Waals surface area contributed by atoms with Crippen molar-refractivity contribution in [3.05, 3.63) is 0 Å². The molecule has 1 amide bonds. The highest BCUT2D eigenvalue weighted by atomic mass is 16.5. The number of hydrogen-bond donors (Lipinski definition) is 3. The van der Waals surface area contributed by atoms with Crippen molar-refractivity contribution in [3.63, 3.8) is 0 Å². The smallest absolute Gasteiger partial charge is 0.404 e. The first-order valence-electron chi connectivity index (χ1n) is 2.80. The molecule has 0 radical (unpaired) electrons. The Morgan fingerprint density at radius 3 is 2.80 bits per heavy atom. The number of methoxy groups -OCH3 is 1. The van der Waals surface area contributed by atoms with Crippen LogP contribution in [0.3, 0.4) is 0 Å². The Hall–Kier alpha value is -0.810. The number of carbonyl (C=O) groups is 1. The Bertz CT molecular complexity index is 106. The topological polar surface area (TPSA) is 78.8 Å². The zero-order valence-electron chi connectivity index (χ0n) is 5.70. The highest BCUT2D eigenvalue weighted by Gasteiger charge is 2.03. The normalized spacial score (nSPS) is 12.6. The van der Waals surface area contributed by atoms with E-state index in [1.807, 2.05) is 5.32 Å². The van der Waals surface area contributed by atoms with Gasteiger partial charge in [0, 0.05) is 13.7 Å². The van der Waals surface area contributed by atoms with Crippen molar-refractivity contribution in [2.24, 2.45) is 0 Å². The highest BCUT2D eigenvalue weighted by molar-refractivity contribution is 5.64. The number of ether oxygens (including phenoxy) is 1. The molecule has 1 atom stereocenters. The zero-order chi connectivity index (χ0) is 7.98. The molecule has 0 aliphatic rings. The van der Waals surface area contributed by atoms with Gasteiger partial charge in [-0.1, -0.05) is 0 Å². The lowest BCUT2D eigenvalue weighted by atomic mass is 10.4. The van der Waals surface area contributed by atoms with Gasteiger partial charge in [0.1, 0.15) is 0 Å². The first-order valence-corrected chi connectivity index (χ1v) is 2.80. The van der Waals surface area contributed by atoms with Crippen LogP contribution in [0.5, 0.6) is 0 Å². The van der Waals surface area contributed by atoms with Gasteiger partial charge in [0.25, 0.3) is 0 Å². The molecule has 5 heteroatoms. The molecule has 0 rings (SSSR count). The summed E-state index contributed by atoms with van der Waals surface area (Å²) in [4.78, 5) is 9.84. The van der Waals surface area contributed by atoms with Crippen molar-refractivity contribution < 1.29 is 19.7 Å². The summed E-state index contributed by atoms with van der Waals surface area (Å²) in [5, 5.41) is 18.9. The molecule has 0 heterocycles. The maximum absolute atomic E-state index is 9.84. The van der Waals surface area contributed by atoms with Gasteiger partial charge in [-0.15, -0.1) is 0 Å². The van der Waals surface area contributed by atoms with Crippen molar-refractivity contribution in [1.29, 1.82) is 0 Å². The third-order valence-corrected chi connectivity index (χ3v) is 0.848. The van der Waals surface area contributed by atoms with Crippen LogP contribution in [0.4, 0.5) is 4.79 Å². The second-order valence-electron chi connectivity index (χ2n) is 1.80. The predicted octanol–water partition coefficient (Wildman–Crippen LogP) is -0.739. The monoisotopic (exact) mass is 149 g/mol. The van der Waals surface area contributed by atoms with Crippen LogP contribution in [0.25, 0.3) is 0 Å². The molecule has 0 saturated heterocycles. The predicted molar refractivity (Wildman–Crippen MR) is 33.9 cm³/mol. The minimum atomic E-state index is -1.14. The summed E-state index contributed by atoms with van der Waals surface area (Å²) in [7, 11) is 1.43. The zero-order valence-corrected chi connectivity index (χ0v) is 5.70. The Kier molecular flexibility index (Phi) is 4.61. The van der Waals surface area contributed by atoms with Crippen LogP contribution in [0.2, 0.25) is 0 Å². The Balaban J connectivity index is 3.21. The van der Waals surface area contributed by atoms with Gasteiger partial charge >= 0.3 is 6.09 Å². The molecule has 10 heavy (non-hydrogen) atoms. The molecule has 0 aliphatic heterocycles. The van der Waals surface area contributed by atoms with Crippen molar-refractivity contribution in [2.45, 2.75) is 6.10 Å². The standard InChI is InChI=1S/C5H11NO4/c1-10-3-4(7)2-6-5(8)9/h4,6-7H,2-3H2,1H3,(H,8,9). The highest BCUT2D eigenvalue weighted by Crippen LogP contribution is 1.79. The van der Waals surface area contributed by atoms with E-state index in [1.165, 1.54) is 7.11 Å². The number of amides is 1. The van der Waals surface area contributed by atoms with Crippen molar-refractivity contribution in [3.8, 4) is 0 Å². The number of carboxylic acid groups (broad SMARTS) is 1. The summed E-state index contributed by atoms with van der Waals surface area (Å²) >= 11 is 0. The molecule has 3 N–H and O–H groups in total. The van der Waals surface area contributed by atoms with Crippen LogP contribution in [0.15, 0.2) is 0 Å². The maximum Gasteiger partial charge on any atom is 0.404 e. The Morgan fingerprint density at radius 1 is 1.80 bits per heavy atom. The van der Waals surface area contributed by atoms with Crippen molar-refractivity contribution in [1.82, 2.24) is 5.32 Å². The van der Waals surface area contributed by atoms with E-state index in [0.717, 1.165) is 0 Å². The lowest BCUT2D eigenvalue weighted by Crippen LogP contribution is -2.33. The summed E-state index contributed by atoms with van der Waals surface area (Å²) in [6.07, 6.45) is -1.91. The van der Waals surface area contributed by atoms with Gasteiger partial charge in [0.05, 0.1) is 12.7 Å². The van der Waals surface area contributed by atoms with Crippen LogP contribution < -0.4 is 5.32 Å². The fourth-order valence-corrected chi connectivity index (χ4v) is 0.456. The summed E-state index contributed by atoms with van der Waals surface area (Å²) in [6.45, 7) is 0.142. The SMILES string of the molecule is COCC(O)CNC(=O)O. The molecular weight excluding hydrogens is 138 g/mol. The number of nitrogens with one attached hydrogen (secondary N) is 1. The van der Waals surface area contributed by atoms with Crippen LogP contribution in [0, 0.1) is 0 Å². The Labute approximate surface area is 58.6 Å². The Morgan fingerprint density at radius 2 is 2.40 bits per heavy atom. The lowest BCUT2D eigenvalue weighted by molar-refractivity contribution is 0.0643. The minimum Gasteiger partial charge on any atom is -0.465 e. The molecule has 0 aliphatic carbocycles. The maximum atomic E-state index is 9.84. The molecular formula is C5H11NO4. The van der Waals surface area contributed by atoms with Gasteiger partial charge in [-0.3, -0.25) is 0 Å². The van der Waals surface area contributed by atoms with Gasteiger partial charge < -0.3 is 20.3 Å². The van der Waals surface area contributed by atoms with Crippen LogP contribution in [0.1, 0.15) is 0 Å². The molecule has 0 spiro atoms. The van der Waals surface area contributed by atoms with E-state index in [0.29, 0.717) is 0 Å². The van der Waals surface area contributed by atoms with E-state index in [2.05, 4.69) is 4.74 Å². The fraction of sp³-hybridized carbons (Fsp3) is 0.800. The number of hydrogen-bond acceptors (Lipinski definition) is 3. The van der Waals surface area contributed by atoms with Gasteiger partial charge in [-0.2, -0.15) is 0 Å². The second kappa shape index (κ2) is 5.01. The molecule has 60 valence electrons. The van der Waals surface area contributed by atoms with Crippen LogP contribution in [-0.4, -0.2) is 42.7 Å². The van der Waals surface area contributed by atoms with Gasteiger partial charge in [-0.05, 0) is 0 Å². The van der Waals surface area contributed by atoms with E-state index in [9.17, 15) is 4.79 Å². The molecule has 0 fully saturated rings.